The van der Waals surface area contributed by atoms with Gasteiger partial charge < -0.3 is 19.8 Å². The lowest BCUT2D eigenvalue weighted by Gasteiger charge is -2.37. The number of phenolic OH excluding ortho intramolecular Hbond substituents is 1. The molecule has 4 rings (SSSR count). The van der Waals surface area contributed by atoms with Crippen LogP contribution in [0.1, 0.15) is 12.0 Å². The lowest BCUT2D eigenvalue weighted by molar-refractivity contribution is -0.136. The fourth-order valence-electron chi connectivity index (χ4n) is 4.08. The van der Waals surface area contributed by atoms with Crippen molar-refractivity contribution < 1.29 is 14.7 Å². The van der Waals surface area contributed by atoms with Gasteiger partial charge in [-0.25, -0.2) is 0 Å². The van der Waals surface area contributed by atoms with Crippen LogP contribution in [0.3, 0.4) is 0 Å². The van der Waals surface area contributed by atoms with Gasteiger partial charge in [-0.2, -0.15) is 0 Å². The number of amides is 2. The van der Waals surface area contributed by atoms with E-state index in [2.05, 4.69) is 20.8 Å². The minimum Gasteiger partial charge on any atom is -0.506 e. The van der Waals surface area contributed by atoms with E-state index in [1.165, 1.54) is 0 Å². The predicted molar refractivity (Wildman–Crippen MR) is 116 cm³/mol. The molecule has 2 aliphatic rings. The topological polar surface area (TPSA) is 64.1 Å². The summed E-state index contributed by atoms with van der Waals surface area (Å²) in [6, 6.07) is 13.1. The lowest BCUT2D eigenvalue weighted by atomic mass is 10.1. The van der Waals surface area contributed by atoms with Crippen LogP contribution in [0.25, 0.3) is 0 Å². The molecule has 0 saturated carbocycles. The molecule has 1 atom stereocenters. The molecule has 1 N–H and O–H groups in total. The van der Waals surface area contributed by atoms with Crippen molar-refractivity contribution in [2.75, 3.05) is 42.5 Å². The van der Waals surface area contributed by atoms with Gasteiger partial charge in [-0.15, -0.1) is 0 Å². The number of hydrogen-bond acceptors (Lipinski definition) is 4. The Labute approximate surface area is 178 Å². The van der Waals surface area contributed by atoms with Crippen molar-refractivity contribution >= 4 is 39.1 Å². The molecule has 152 valence electrons. The van der Waals surface area contributed by atoms with Crippen LogP contribution in [0.5, 0.6) is 5.75 Å². The first-order valence-corrected chi connectivity index (χ1v) is 10.6. The third-order valence-corrected chi connectivity index (χ3v) is 6.63. The van der Waals surface area contributed by atoms with Gasteiger partial charge in [0.2, 0.25) is 11.8 Å². The average Bonchev–Trinajstić information content (AvgIpc) is 3.12. The summed E-state index contributed by atoms with van der Waals surface area (Å²) >= 11 is 3.48. The summed E-state index contributed by atoms with van der Waals surface area (Å²) in [4.78, 5) is 31.2. The molecule has 2 heterocycles. The molecule has 7 heteroatoms. The summed E-state index contributed by atoms with van der Waals surface area (Å²) in [5.74, 6) is 0.00163. The van der Waals surface area contributed by atoms with Crippen molar-refractivity contribution in [2.45, 2.75) is 13.3 Å². The zero-order valence-corrected chi connectivity index (χ0v) is 17.9. The first kappa shape index (κ1) is 19.8. The maximum Gasteiger partial charge on any atom is 0.228 e. The zero-order chi connectivity index (χ0) is 20.5. The molecular formula is C22H24BrN3O3. The van der Waals surface area contributed by atoms with E-state index >= 15 is 0 Å². The van der Waals surface area contributed by atoms with E-state index < -0.39 is 0 Å². The molecule has 2 aromatic carbocycles. The van der Waals surface area contributed by atoms with Crippen molar-refractivity contribution in [2.24, 2.45) is 5.92 Å². The van der Waals surface area contributed by atoms with Crippen molar-refractivity contribution in [3.8, 4) is 5.75 Å². The van der Waals surface area contributed by atoms with Crippen LogP contribution < -0.4 is 9.80 Å². The molecule has 0 aromatic heterocycles. The maximum atomic E-state index is 13.0. The van der Waals surface area contributed by atoms with E-state index in [1.54, 1.807) is 17.0 Å². The summed E-state index contributed by atoms with van der Waals surface area (Å²) in [5.41, 5.74) is 2.70. The van der Waals surface area contributed by atoms with Crippen molar-refractivity contribution in [1.82, 2.24) is 4.90 Å². The molecule has 1 unspecified atom stereocenters. The Bertz CT molecular complexity index is 941. The quantitative estimate of drug-likeness (QED) is 0.768. The highest BCUT2D eigenvalue weighted by atomic mass is 79.9. The van der Waals surface area contributed by atoms with Crippen LogP contribution in [0.15, 0.2) is 46.9 Å². The molecule has 0 bridgehead atoms. The number of carbonyl (C=O) groups excluding carboxylic acids is 2. The number of para-hydroxylation sites is 2. The molecular weight excluding hydrogens is 434 g/mol. The van der Waals surface area contributed by atoms with E-state index in [0.717, 1.165) is 21.4 Å². The molecule has 2 saturated heterocycles. The number of aryl methyl sites for hydroxylation is 1. The third-order valence-electron chi connectivity index (χ3n) is 5.74. The van der Waals surface area contributed by atoms with E-state index in [4.69, 9.17) is 0 Å². The van der Waals surface area contributed by atoms with Crippen LogP contribution in [0.4, 0.5) is 11.4 Å². The molecule has 2 aromatic rings. The molecule has 2 fully saturated rings. The van der Waals surface area contributed by atoms with Gasteiger partial charge in [0, 0.05) is 49.3 Å². The molecule has 0 aliphatic carbocycles. The number of rotatable bonds is 3. The van der Waals surface area contributed by atoms with Gasteiger partial charge in [-0.3, -0.25) is 9.59 Å². The number of halogens is 1. The van der Waals surface area contributed by atoms with E-state index in [-0.39, 0.29) is 29.9 Å². The van der Waals surface area contributed by atoms with E-state index in [1.807, 2.05) is 42.2 Å². The highest BCUT2D eigenvalue weighted by Gasteiger charge is 2.38. The number of aromatic hydroxyl groups is 1. The summed E-state index contributed by atoms with van der Waals surface area (Å²) in [5, 5.41) is 10.0. The summed E-state index contributed by atoms with van der Waals surface area (Å²) in [6.45, 7) is 4.93. The Morgan fingerprint density at radius 3 is 2.52 bits per heavy atom. The molecule has 29 heavy (non-hydrogen) atoms. The minimum atomic E-state index is -0.303. The third kappa shape index (κ3) is 3.96. The van der Waals surface area contributed by atoms with Gasteiger partial charge in [0.15, 0.2) is 0 Å². The molecule has 0 spiro atoms. The SMILES string of the molecule is Cc1cc(N2CC(C(=O)N3CCN(c4ccccc4O)CC3)CC2=O)ccc1Br. The number of hydrogen-bond donors (Lipinski definition) is 1. The Morgan fingerprint density at radius 1 is 1.10 bits per heavy atom. The fourth-order valence-corrected chi connectivity index (χ4v) is 4.32. The van der Waals surface area contributed by atoms with Gasteiger partial charge in [0.05, 0.1) is 11.6 Å². The molecule has 6 nitrogen and oxygen atoms in total. The number of nitrogens with zero attached hydrogens (tertiary/aromatic N) is 3. The second kappa shape index (κ2) is 8.06. The second-order valence-corrected chi connectivity index (χ2v) is 8.49. The van der Waals surface area contributed by atoms with Gasteiger partial charge in [0.25, 0.3) is 0 Å². The van der Waals surface area contributed by atoms with Crippen LogP contribution >= 0.6 is 15.9 Å². The smallest absolute Gasteiger partial charge is 0.228 e. The number of piperazine rings is 1. The zero-order valence-electron chi connectivity index (χ0n) is 16.3. The Balaban J connectivity index is 1.39. The maximum absolute atomic E-state index is 13.0. The highest BCUT2D eigenvalue weighted by molar-refractivity contribution is 9.10. The van der Waals surface area contributed by atoms with Gasteiger partial charge in [-0.1, -0.05) is 28.1 Å². The van der Waals surface area contributed by atoms with Crippen molar-refractivity contribution in [3.05, 3.63) is 52.5 Å². The highest BCUT2D eigenvalue weighted by Crippen LogP contribution is 2.31. The van der Waals surface area contributed by atoms with Crippen LogP contribution in [0, 0.1) is 12.8 Å². The first-order chi connectivity index (χ1) is 13.9. The van der Waals surface area contributed by atoms with Crippen LogP contribution in [0.2, 0.25) is 0 Å². The lowest BCUT2D eigenvalue weighted by Crippen LogP contribution is -2.50. The molecule has 0 radical (unpaired) electrons. The molecule has 2 aliphatic heterocycles. The van der Waals surface area contributed by atoms with Crippen LogP contribution in [-0.4, -0.2) is 54.5 Å². The summed E-state index contributed by atoms with van der Waals surface area (Å²) in [7, 11) is 0. The standard InChI is InChI=1S/C22H24BrN3O3/c1-15-12-17(6-7-18(15)23)26-14-16(13-21(26)28)22(29)25-10-8-24(9-11-25)19-4-2-3-5-20(19)27/h2-7,12,16,27H,8-11,13-14H2,1H3. The number of benzene rings is 2. The van der Waals surface area contributed by atoms with Gasteiger partial charge >= 0.3 is 0 Å². The van der Waals surface area contributed by atoms with Gasteiger partial charge in [0.1, 0.15) is 5.75 Å². The van der Waals surface area contributed by atoms with Crippen LogP contribution in [-0.2, 0) is 9.59 Å². The number of anilines is 2. The van der Waals surface area contributed by atoms with E-state index in [0.29, 0.717) is 32.7 Å². The second-order valence-electron chi connectivity index (χ2n) is 7.64. The molecule has 2 amide bonds. The largest absolute Gasteiger partial charge is 0.506 e. The Hall–Kier alpha value is -2.54. The van der Waals surface area contributed by atoms with E-state index in [9.17, 15) is 14.7 Å². The number of phenols is 1. The summed E-state index contributed by atoms with van der Waals surface area (Å²) in [6.07, 6.45) is 0.258. The van der Waals surface area contributed by atoms with Gasteiger partial charge in [-0.05, 0) is 42.8 Å². The summed E-state index contributed by atoms with van der Waals surface area (Å²) < 4.78 is 1.00. The Kier molecular flexibility index (Phi) is 5.50. The normalized spacial score (nSPS) is 19.7. The predicted octanol–water partition coefficient (Wildman–Crippen LogP) is 3.16. The minimum absolute atomic E-state index is 0.00193. The number of carbonyl (C=O) groups is 2. The van der Waals surface area contributed by atoms with Crippen molar-refractivity contribution in [3.63, 3.8) is 0 Å². The average molecular weight is 458 g/mol. The first-order valence-electron chi connectivity index (χ1n) is 9.82. The monoisotopic (exact) mass is 457 g/mol. The fraction of sp³-hybridized carbons (Fsp3) is 0.364. The van der Waals surface area contributed by atoms with Crippen molar-refractivity contribution in [1.29, 1.82) is 0 Å². The Morgan fingerprint density at radius 2 is 1.83 bits per heavy atom.